The molecular weight excluding hydrogens is 400 g/mol. The highest BCUT2D eigenvalue weighted by molar-refractivity contribution is 5.73. The summed E-state index contributed by atoms with van der Waals surface area (Å²) in [5, 5.41) is 23.8. The Morgan fingerprint density at radius 3 is 2.87 bits per heavy atom. The van der Waals surface area contributed by atoms with Gasteiger partial charge in [-0.05, 0) is 57.6 Å². The molecule has 0 spiro atoms. The minimum Gasteiger partial charge on any atom is -0.465 e. The third-order valence-corrected chi connectivity index (χ3v) is 7.27. The van der Waals surface area contributed by atoms with Crippen molar-refractivity contribution in [2.24, 2.45) is 5.92 Å². The largest absolute Gasteiger partial charge is 0.465 e. The number of fused-ring (bicyclic) bond motifs is 2. The van der Waals surface area contributed by atoms with Crippen LogP contribution in [0.15, 0.2) is 18.3 Å². The summed E-state index contributed by atoms with van der Waals surface area (Å²) < 4.78 is 5.05. The van der Waals surface area contributed by atoms with Crippen molar-refractivity contribution in [3.8, 4) is 0 Å². The van der Waals surface area contributed by atoms with Gasteiger partial charge in [-0.25, -0.2) is 14.6 Å². The summed E-state index contributed by atoms with van der Waals surface area (Å²) in [6, 6.07) is 3.94. The zero-order valence-electron chi connectivity index (χ0n) is 18.2. The highest BCUT2D eigenvalue weighted by atomic mass is 16.5. The maximum Gasteiger partial charge on any atom is 0.409 e. The number of pyridine rings is 1. The monoisotopic (exact) mass is 432 g/mol. The molecule has 4 heterocycles. The molecule has 2 bridgehead atoms. The highest BCUT2D eigenvalue weighted by Crippen LogP contribution is 2.54. The molecule has 4 atom stereocenters. The van der Waals surface area contributed by atoms with Gasteiger partial charge in [-0.15, -0.1) is 0 Å². The first-order chi connectivity index (χ1) is 14.8. The van der Waals surface area contributed by atoms with Crippen molar-refractivity contribution in [1.29, 1.82) is 0 Å². The number of hydrogen-bond donors (Lipinski definition) is 3. The molecule has 0 saturated carbocycles. The van der Waals surface area contributed by atoms with E-state index >= 15 is 0 Å². The van der Waals surface area contributed by atoms with E-state index in [0.717, 1.165) is 30.8 Å². The molecule has 4 rings (SSSR count). The van der Waals surface area contributed by atoms with Crippen molar-refractivity contribution in [3.05, 3.63) is 23.9 Å². The van der Waals surface area contributed by atoms with Gasteiger partial charge in [0.15, 0.2) is 0 Å². The third-order valence-electron chi connectivity index (χ3n) is 7.27. The number of aliphatic hydroxyl groups is 1. The van der Waals surface area contributed by atoms with E-state index in [1.165, 1.54) is 4.90 Å². The second-order valence-corrected chi connectivity index (χ2v) is 9.09. The molecular formula is C22H32N4O5. The van der Waals surface area contributed by atoms with Gasteiger partial charge < -0.3 is 19.8 Å². The van der Waals surface area contributed by atoms with Crippen LogP contribution in [0.3, 0.4) is 0 Å². The molecule has 2 amide bonds. The van der Waals surface area contributed by atoms with Gasteiger partial charge in [-0.3, -0.25) is 10.2 Å². The fourth-order valence-corrected chi connectivity index (χ4v) is 6.20. The quantitative estimate of drug-likeness (QED) is 0.670. The number of amides is 2. The standard InChI is InChI=1S/C22H32N4O5/c1-3-31-19(28)24-22-9-8-21(12-17(27)13-22,26(22)20(29)30)16-7-5-11-25(14-16)18-15(2)6-4-10-23-18/h4,6,10,16-17,27H,3,5,7-9,11-14H2,1-2H3,(H,24,28)(H,29,30). The summed E-state index contributed by atoms with van der Waals surface area (Å²) in [6.45, 7) is 5.47. The van der Waals surface area contributed by atoms with Crippen LogP contribution >= 0.6 is 0 Å². The molecule has 170 valence electrons. The summed E-state index contributed by atoms with van der Waals surface area (Å²) in [6.07, 6.45) is 2.80. The van der Waals surface area contributed by atoms with Crippen LogP contribution in [-0.2, 0) is 4.74 Å². The fourth-order valence-electron chi connectivity index (χ4n) is 6.20. The SMILES string of the molecule is CCOC(=O)NC12CCC(C3CCCN(c4ncccc4C)C3)(CC(O)C1)N2C(=O)O. The van der Waals surface area contributed by atoms with E-state index in [1.807, 2.05) is 19.1 Å². The number of nitrogens with zero attached hydrogens (tertiary/aromatic N) is 3. The van der Waals surface area contributed by atoms with Gasteiger partial charge in [0.05, 0.1) is 18.2 Å². The van der Waals surface area contributed by atoms with Crippen LogP contribution in [0.2, 0.25) is 0 Å². The van der Waals surface area contributed by atoms with Gasteiger partial charge in [0, 0.05) is 31.6 Å². The van der Waals surface area contributed by atoms with E-state index in [2.05, 4.69) is 15.2 Å². The number of carbonyl (C=O) groups is 2. The number of piperidine rings is 2. The zero-order chi connectivity index (χ0) is 22.2. The predicted molar refractivity (Wildman–Crippen MR) is 114 cm³/mol. The van der Waals surface area contributed by atoms with Crippen LogP contribution in [0.25, 0.3) is 0 Å². The van der Waals surface area contributed by atoms with Crippen molar-refractivity contribution < 1.29 is 24.5 Å². The number of anilines is 1. The smallest absolute Gasteiger partial charge is 0.409 e. The lowest BCUT2D eigenvalue weighted by molar-refractivity contribution is -0.0845. The summed E-state index contributed by atoms with van der Waals surface area (Å²) in [5.41, 5.74) is -0.785. The molecule has 0 aliphatic carbocycles. The summed E-state index contributed by atoms with van der Waals surface area (Å²) in [5.74, 6) is 0.954. The Morgan fingerprint density at radius 2 is 2.16 bits per heavy atom. The average molecular weight is 433 g/mol. The third kappa shape index (κ3) is 3.69. The van der Waals surface area contributed by atoms with Crippen molar-refractivity contribution in [1.82, 2.24) is 15.2 Å². The first kappa shape index (κ1) is 21.7. The number of carbonyl (C=O) groups excluding carboxylic acids is 1. The molecule has 3 aliphatic heterocycles. The Bertz CT molecular complexity index is 851. The molecule has 0 radical (unpaired) electrons. The summed E-state index contributed by atoms with van der Waals surface area (Å²) >= 11 is 0. The number of aromatic nitrogens is 1. The lowest BCUT2D eigenvalue weighted by Gasteiger charge is -2.55. The maximum absolute atomic E-state index is 12.5. The topological polar surface area (TPSA) is 115 Å². The van der Waals surface area contributed by atoms with Gasteiger partial charge in [-0.2, -0.15) is 0 Å². The number of hydrogen-bond acceptors (Lipinski definition) is 6. The fraction of sp³-hybridized carbons (Fsp3) is 0.682. The van der Waals surface area contributed by atoms with E-state index in [9.17, 15) is 19.8 Å². The second kappa shape index (κ2) is 8.18. The van der Waals surface area contributed by atoms with Gasteiger partial charge in [-0.1, -0.05) is 6.07 Å². The Morgan fingerprint density at radius 1 is 1.35 bits per heavy atom. The Kier molecular flexibility index (Phi) is 5.72. The Hall–Kier alpha value is -2.55. The van der Waals surface area contributed by atoms with Crippen LogP contribution in [0, 0.1) is 12.8 Å². The first-order valence-electron chi connectivity index (χ1n) is 11.1. The molecule has 9 heteroatoms. The summed E-state index contributed by atoms with van der Waals surface area (Å²) in [7, 11) is 0. The number of alkyl carbamates (subject to hydrolysis) is 1. The number of carboxylic acid groups (broad SMARTS) is 1. The number of nitrogens with one attached hydrogen (secondary N) is 1. The van der Waals surface area contributed by atoms with Gasteiger partial charge in [0.2, 0.25) is 0 Å². The van der Waals surface area contributed by atoms with E-state index in [0.29, 0.717) is 25.8 Å². The van der Waals surface area contributed by atoms with Gasteiger partial charge in [0.1, 0.15) is 11.5 Å². The second-order valence-electron chi connectivity index (χ2n) is 9.09. The average Bonchev–Trinajstić information content (AvgIpc) is 2.94. The minimum absolute atomic E-state index is 0.0274. The van der Waals surface area contributed by atoms with Crippen molar-refractivity contribution >= 4 is 18.0 Å². The molecule has 3 N–H and O–H groups in total. The zero-order valence-corrected chi connectivity index (χ0v) is 18.2. The maximum atomic E-state index is 12.5. The number of rotatable bonds is 4. The van der Waals surface area contributed by atoms with Crippen LogP contribution in [0.5, 0.6) is 0 Å². The number of aliphatic hydroxyl groups excluding tert-OH is 1. The normalized spacial score (nSPS) is 32.6. The van der Waals surface area contributed by atoms with Crippen molar-refractivity contribution in [2.75, 3.05) is 24.6 Å². The number of ether oxygens (including phenoxy) is 1. The number of aryl methyl sites for hydroxylation is 1. The van der Waals surface area contributed by atoms with Crippen molar-refractivity contribution in [3.63, 3.8) is 0 Å². The van der Waals surface area contributed by atoms with E-state index in [-0.39, 0.29) is 18.9 Å². The van der Waals surface area contributed by atoms with E-state index < -0.39 is 29.5 Å². The Balaban J connectivity index is 1.66. The van der Waals surface area contributed by atoms with Gasteiger partial charge in [0.25, 0.3) is 0 Å². The molecule has 1 aromatic heterocycles. The molecule has 4 unspecified atom stereocenters. The molecule has 3 saturated heterocycles. The molecule has 3 aliphatic rings. The lowest BCUT2D eigenvalue weighted by atomic mass is 9.72. The van der Waals surface area contributed by atoms with E-state index in [4.69, 9.17) is 4.74 Å². The molecule has 9 nitrogen and oxygen atoms in total. The molecule has 0 aromatic carbocycles. The van der Waals surface area contributed by atoms with Crippen LogP contribution in [-0.4, -0.2) is 69.3 Å². The molecule has 1 aromatic rings. The highest BCUT2D eigenvalue weighted by Gasteiger charge is 2.65. The van der Waals surface area contributed by atoms with E-state index in [1.54, 1.807) is 13.1 Å². The Labute approximate surface area is 182 Å². The van der Waals surface area contributed by atoms with Crippen molar-refractivity contribution in [2.45, 2.75) is 69.7 Å². The molecule has 31 heavy (non-hydrogen) atoms. The molecule has 3 fully saturated rings. The first-order valence-corrected chi connectivity index (χ1v) is 11.1. The van der Waals surface area contributed by atoms with Crippen LogP contribution < -0.4 is 10.2 Å². The summed E-state index contributed by atoms with van der Waals surface area (Å²) in [4.78, 5) is 33.1. The minimum atomic E-state index is -1.14. The van der Waals surface area contributed by atoms with Gasteiger partial charge >= 0.3 is 12.2 Å². The predicted octanol–water partition coefficient (Wildman–Crippen LogP) is 2.72. The van der Waals surface area contributed by atoms with Crippen LogP contribution in [0.1, 0.15) is 51.0 Å². The van der Waals surface area contributed by atoms with Crippen LogP contribution in [0.4, 0.5) is 15.4 Å². The lowest BCUT2D eigenvalue weighted by Crippen LogP contribution is -2.71.